The van der Waals surface area contributed by atoms with E-state index in [2.05, 4.69) is 0 Å². The molecule has 0 saturated carbocycles. The predicted octanol–water partition coefficient (Wildman–Crippen LogP) is 3.73. The Hall–Kier alpha value is -2.53. The van der Waals surface area contributed by atoms with Gasteiger partial charge in [0.1, 0.15) is 23.7 Å². The molecule has 0 fully saturated rings. The normalized spacial score (nSPS) is 10.3. The molecule has 0 spiro atoms. The van der Waals surface area contributed by atoms with Gasteiger partial charge < -0.3 is 18.9 Å². The molecule has 24 heavy (non-hydrogen) atoms. The molecule has 0 aromatic heterocycles. The van der Waals surface area contributed by atoms with Crippen molar-refractivity contribution in [2.24, 2.45) is 0 Å². The minimum atomic E-state index is -0.421. The average molecular weight is 330 g/mol. The topological polar surface area (TPSA) is 54.0 Å². The number of ether oxygens (including phenoxy) is 4. The van der Waals surface area contributed by atoms with Gasteiger partial charge in [0.05, 0.1) is 6.61 Å². The molecular weight excluding hydrogens is 308 g/mol. The van der Waals surface area contributed by atoms with Crippen molar-refractivity contribution >= 4 is 5.97 Å². The fraction of sp³-hybridized carbons (Fsp3) is 0.316. The molecule has 128 valence electrons. The van der Waals surface area contributed by atoms with E-state index in [0.717, 1.165) is 11.1 Å². The molecule has 0 amide bonds. The summed E-state index contributed by atoms with van der Waals surface area (Å²) >= 11 is 0. The highest BCUT2D eigenvalue weighted by Gasteiger charge is 2.19. The Morgan fingerprint density at radius 1 is 1.08 bits per heavy atom. The molecule has 2 aromatic carbocycles. The van der Waals surface area contributed by atoms with Gasteiger partial charge in [-0.05, 0) is 31.0 Å². The van der Waals surface area contributed by atoms with Gasteiger partial charge in [0.2, 0.25) is 0 Å². The Labute approximate surface area is 142 Å². The highest BCUT2D eigenvalue weighted by molar-refractivity contribution is 5.94. The zero-order valence-electron chi connectivity index (χ0n) is 14.2. The second-order valence-electron chi connectivity index (χ2n) is 5.16. The molecule has 0 aliphatic rings. The molecule has 2 rings (SSSR count). The number of rotatable bonds is 8. The van der Waals surface area contributed by atoms with E-state index in [0.29, 0.717) is 30.3 Å². The van der Waals surface area contributed by atoms with Crippen molar-refractivity contribution < 1.29 is 23.7 Å². The third-order valence-corrected chi connectivity index (χ3v) is 3.33. The summed E-state index contributed by atoms with van der Waals surface area (Å²) in [6, 6.07) is 13.3. The lowest BCUT2D eigenvalue weighted by atomic mass is 10.1. The maximum absolute atomic E-state index is 12.2. The summed E-state index contributed by atoms with van der Waals surface area (Å²) in [5, 5.41) is 0. The van der Waals surface area contributed by atoms with E-state index in [4.69, 9.17) is 18.9 Å². The summed E-state index contributed by atoms with van der Waals surface area (Å²) in [6.45, 7) is 4.35. The van der Waals surface area contributed by atoms with Crippen LogP contribution in [-0.2, 0) is 16.1 Å². The zero-order chi connectivity index (χ0) is 17.4. The summed E-state index contributed by atoms with van der Waals surface area (Å²) < 4.78 is 21.4. The maximum atomic E-state index is 12.2. The van der Waals surface area contributed by atoms with Gasteiger partial charge in [-0.3, -0.25) is 0 Å². The predicted molar refractivity (Wildman–Crippen MR) is 90.4 cm³/mol. The van der Waals surface area contributed by atoms with Crippen LogP contribution in [0.4, 0.5) is 0 Å². The first-order valence-corrected chi connectivity index (χ1v) is 7.76. The van der Waals surface area contributed by atoms with Gasteiger partial charge in [-0.2, -0.15) is 0 Å². The van der Waals surface area contributed by atoms with Crippen molar-refractivity contribution in [1.29, 1.82) is 0 Å². The van der Waals surface area contributed by atoms with Gasteiger partial charge in [0.25, 0.3) is 0 Å². The van der Waals surface area contributed by atoms with Crippen LogP contribution in [0, 0.1) is 6.92 Å². The Kier molecular flexibility index (Phi) is 6.63. The van der Waals surface area contributed by atoms with Gasteiger partial charge in [-0.1, -0.05) is 30.3 Å². The Morgan fingerprint density at radius 2 is 1.83 bits per heavy atom. The van der Waals surface area contributed by atoms with Crippen molar-refractivity contribution in [1.82, 2.24) is 0 Å². The molecular formula is C19H22O5. The monoisotopic (exact) mass is 330 g/mol. The summed E-state index contributed by atoms with van der Waals surface area (Å²) in [5.74, 6) is 0.588. The largest absolute Gasteiger partial charge is 0.489 e. The Balaban J connectivity index is 2.23. The van der Waals surface area contributed by atoms with Gasteiger partial charge in [0.15, 0.2) is 6.79 Å². The van der Waals surface area contributed by atoms with Crippen LogP contribution in [0.2, 0.25) is 0 Å². The van der Waals surface area contributed by atoms with Crippen molar-refractivity contribution in [2.45, 2.75) is 20.5 Å². The molecule has 0 N–H and O–H groups in total. The molecule has 0 aliphatic carbocycles. The molecule has 0 heterocycles. The third-order valence-electron chi connectivity index (χ3n) is 3.33. The summed E-state index contributed by atoms with van der Waals surface area (Å²) in [7, 11) is 1.52. The smallest absolute Gasteiger partial charge is 0.342 e. The molecule has 0 radical (unpaired) electrons. The van der Waals surface area contributed by atoms with E-state index < -0.39 is 5.97 Å². The molecule has 0 saturated heterocycles. The first-order chi connectivity index (χ1) is 11.7. The van der Waals surface area contributed by atoms with Crippen LogP contribution in [-0.4, -0.2) is 26.5 Å². The number of esters is 1. The van der Waals surface area contributed by atoms with E-state index in [1.54, 1.807) is 19.1 Å². The van der Waals surface area contributed by atoms with Crippen molar-refractivity contribution in [3.8, 4) is 11.5 Å². The zero-order valence-corrected chi connectivity index (χ0v) is 14.2. The summed E-state index contributed by atoms with van der Waals surface area (Å²) in [4.78, 5) is 12.2. The maximum Gasteiger partial charge on any atom is 0.342 e. The number of carbonyl (C=O) groups is 1. The Bertz CT molecular complexity index is 667. The summed E-state index contributed by atoms with van der Waals surface area (Å²) in [5.41, 5.74) is 2.18. The first kappa shape index (κ1) is 17.8. The minimum absolute atomic E-state index is 0.0357. The van der Waals surface area contributed by atoms with Crippen LogP contribution < -0.4 is 9.47 Å². The van der Waals surface area contributed by atoms with E-state index in [1.807, 2.05) is 37.3 Å². The minimum Gasteiger partial charge on any atom is -0.489 e. The molecule has 0 bridgehead atoms. The molecule has 2 aromatic rings. The van der Waals surface area contributed by atoms with Gasteiger partial charge in [-0.15, -0.1) is 0 Å². The number of methoxy groups -OCH3 is 1. The van der Waals surface area contributed by atoms with Crippen molar-refractivity contribution in [2.75, 3.05) is 20.5 Å². The standard InChI is InChI=1S/C19H22O5/c1-4-22-19(20)18-14(2)10-16(11-17(18)24-13-21-3)23-12-15-8-6-5-7-9-15/h5-11H,4,12-13H2,1-3H3. The lowest BCUT2D eigenvalue weighted by Gasteiger charge is -2.15. The second kappa shape index (κ2) is 8.93. The molecule has 5 nitrogen and oxygen atoms in total. The number of hydrogen-bond donors (Lipinski definition) is 0. The highest BCUT2D eigenvalue weighted by atomic mass is 16.7. The van der Waals surface area contributed by atoms with Gasteiger partial charge >= 0.3 is 5.97 Å². The second-order valence-corrected chi connectivity index (χ2v) is 5.16. The SMILES string of the molecule is CCOC(=O)c1c(C)cc(OCc2ccccc2)cc1OCOC. The lowest BCUT2D eigenvalue weighted by Crippen LogP contribution is -2.11. The van der Waals surface area contributed by atoms with Crippen LogP contribution in [0.15, 0.2) is 42.5 Å². The van der Waals surface area contributed by atoms with Crippen molar-refractivity contribution in [3.05, 3.63) is 59.2 Å². The van der Waals surface area contributed by atoms with Crippen LogP contribution in [0.25, 0.3) is 0 Å². The van der Waals surface area contributed by atoms with Crippen molar-refractivity contribution in [3.63, 3.8) is 0 Å². The number of aryl methyl sites for hydroxylation is 1. The molecule has 0 unspecified atom stereocenters. The Morgan fingerprint density at radius 3 is 2.50 bits per heavy atom. The molecule has 0 atom stereocenters. The van der Waals surface area contributed by atoms with Crippen LogP contribution in [0.1, 0.15) is 28.4 Å². The number of hydrogen-bond acceptors (Lipinski definition) is 5. The number of carbonyl (C=O) groups excluding carboxylic acids is 1. The lowest BCUT2D eigenvalue weighted by molar-refractivity contribution is 0.0436. The number of benzene rings is 2. The van der Waals surface area contributed by atoms with Crippen LogP contribution in [0.3, 0.4) is 0 Å². The fourth-order valence-electron chi connectivity index (χ4n) is 2.25. The third kappa shape index (κ3) is 4.73. The molecule has 5 heteroatoms. The highest BCUT2D eigenvalue weighted by Crippen LogP contribution is 2.30. The van der Waals surface area contributed by atoms with Gasteiger partial charge in [0, 0.05) is 13.2 Å². The quantitative estimate of drug-likeness (QED) is 0.545. The van der Waals surface area contributed by atoms with Crippen LogP contribution in [0.5, 0.6) is 11.5 Å². The fourth-order valence-corrected chi connectivity index (χ4v) is 2.25. The van der Waals surface area contributed by atoms with E-state index in [1.165, 1.54) is 7.11 Å². The van der Waals surface area contributed by atoms with E-state index >= 15 is 0 Å². The molecule has 0 aliphatic heterocycles. The van der Waals surface area contributed by atoms with Crippen LogP contribution >= 0.6 is 0 Å². The average Bonchev–Trinajstić information content (AvgIpc) is 2.59. The van der Waals surface area contributed by atoms with Gasteiger partial charge in [-0.25, -0.2) is 4.79 Å². The summed E-state index contributed by atoms with van der Waals surface area (Å²) in [6.07, 6.45) is 0. The first-order valence-electron chi connectivity index (χ1n) is 7.76. The van der Waals surface area contributed by atoms with E-state index in [-0.39, 0.29) is 6.79 Å². The van der Waals surface area contributed by atoms with E-state index in [9.17, 15) is 4.79 Å².